The Morgan fingerprint density at radius 3 is 2.55 bits per heavy atom. The summed E-state index contributed by atoms with van der Waals surface area (Å²) in [6, 6.07) is 0. The molecule has 20 heavy (non-hydrogen) atoms. The summed E-state index contributed by atoms with van der Waals surface area (Å²) in [6.07, 6.45) is -4.78. The molecule has 0 bridgehead atoms. The van der Waals surface area contributed by atoms with Crippen LogP contribution in [-0.2, 0) is 16.0 Å². The third-order valence-corrected chi connectivity index (χ3v) is 2.20. The minimum Gasteiger partial charge on any atom is -0.469 e. The predicted molar refractivity (Wildman–Crippen MR) is 58.0 cm³/mol. The van der Waals surface area contributed by atoms with Crippen LogP contribution in [0.1, 0.15) is 11.3 Å². The van der Waals surface area contributed by atoms with Gasteiger partial charge in [-0.05, 0) is 6.92 Å². The van der Waals surface area contributed by atoms with Crippen LogP contribution in [-0.4, -0.2) is 29.3 Å². The first-order valence-electron chi connectivity index (χ1n) is 5.11. The van der Waals surface area contributed by atoms with E-state index in [-0.39, 0.29) is 5.56 Å². The first kappa shape index (κ1) is 15.7. The van der Waals surface area contributed by atoms with Crippen molar-refractivity contribution in [3.05, 3.63) is 27.6 Å². The molecule has 0 aliphatic heterocycles. The predicted octanol–water partition coefficient (Wildman–Crippen LogP) is 1.91. The second-order valence-electron chi connectivity index (χ2n) is 3.62. The standard InChI is InChI=1S/C10H9F3N2O5/c1-5-4-14-6(3-7(16)19-2)8(15(17)18)9(5)20-10(11,12)13/h4H,3H2,1-2H3. The fraction of sp³-hybridized carbons (Fsp3) is 0.400. The minimum atomic E-state index is -5.10. The van der Waals surface area contributed by atoms with E-state index in [0.717, 1.165) is 13.3 Å². The zero-order valence-electron chi connectivity index (χ0n) is 10.4. The molecule has 1 rings (SSSR count). The maximum absolute atomic E-state index is 12.3. The number of hydrogen-bond donors (Lipinski definition) is 0. The molecule has 0 unspecified atom stereocenters. The van der Waals surface area contributed by atoms with Gasteiger partial charge in [-0.3, -0.25) is 19.9 Å². The number of aryl methyl sites for hydroxylation is 1. The molecule has 0 N–H and O–H groups in total. The van der Waals surface area contributed by atoms with E-state index >= 15 is 0 Å². The number of nitro groups is 1. The molecule has 1 heterocycles. The van der Waals surface area contributed by atoms with Crippen molar-refractivity contribution in [2.45, 2.75) is 19.7 Å². The number of alkyl halides is 3. The molecule has 0 saturated heterocycles. The van der Waals surface area contributed by atoms with Gasteiger partial charge in [0.1, 0.15) is 5.69 Å². The van der Waals surface area contributed by atoms with Crippen molar-refractivity contribution in [1.29, 1.82) is 0 Å². The van der Waals surface area contributed by atoms with E-state index in [2.05, 4.69) is 14.5 Å². The van der Waals surface area contributed by atoms with Crippen LogP contribution in [0.3, 0.4) is 0 Å². The van der Waals surface area contributed by atoms with Gasteiger partial charge in [-0.2, -0.15) is 0 Å². The van der Waals surface area contributed by atoms with Crippen molar-refractivity contribution in [1.82, 2.24) is 4.98 Å². The molecule has 0 aliphatic carbocycles. The van der Waals surface area contributed by atoms with E-state index < -0.39 is 40.8 Å². The average Bonchev–Trinajstić information content (AvgIpc) is 2.31. The second-order valence-corrected chi connectivity index (χ2v) is 3.62. The van der Waals surface area contributed by atoms with E-state index in [1.165, 1.54) is 6.92 Å². The Balaban J connectivity index is 3.37. The van der Waals surface area contributed by atoms with Gasteiger partial charge in [-0.25, -0.2) is 0 Å². The number of ether oxygens (including phenoxy) is 2. The number of carbonyl (C=O) groups is 1. The molecule has 0 saturated carbocycles. The first-order chi connectivity index (χ1) is 9.15. The number of methoxy groups -OCH3 is 1. The summed E-state index contributed by atoms with van der Waals surface area (Å²) in [5.74, 6) is -1.86. The topological polar surface area (TPSA) is 91.6 Å². The smallest absolute Gasteiger partial charge is 0.469 e. The molecule has 10 heteroatoms. The van der Waals surface area contributed by atoms with Crippen molar-refractivity contribution in [3.63, 3.8) is 0 Å². The van der Waals surface area contributed by atoms with Gasteiger partial charge < -0.3 is 9.47 Å². The van der Waals surface area contributed by atoms with Crippen molar-refractivity contribution in [2.24, 2.45) is 0 Å². The first-order valence-corrected chi connectivity index (χ1v) is 5.11. The zero-order chi connectivity index (χ0) is 15.5. The Morgan fingerprint density at radius 2 is 2.10 bits per heavy atom. The molecule has 0 atom stereocenters. The Kier molecular flexibility index (Phi) is 4.48. The maximum Gasteiger partial charge on any atom is 0.573 e. The summed E-state index contributed by atoms with van der Waals surface area (Å²) in [5.41, 5.74) is -1.65. The molecule has 0 radical (unpaired) electrons. The van der Waals surface area contributed by atoms with E-state index in [4.69, 9.17) is 0 Å². The number of nitrogens with zero attached hydrogens (tertiary/aromatic N) is 2. The highest BCUT2D eigenvalue weighted by Gasteiger charge is 2.37. The summed E-state index contributed by atoms with van der Waals surface area (Å²) in [6.45, 7) is 1.17. The van der Waals surface area contributed by atoms with Gasteiger partial charge in [0, 0.05) is 11.8 Å². The van der Waals surface area contributed by atoms with E-state index in [1.54, 1.807) is 0 Å². The number of rotatable bonds is 4. The number of hydrogen-bond acceptors (Lipinski definition) is 6. The van der Waals surface area contributed by atoms with Gasteiger partial charge >= 0.3 is 18.0 Å². The van der Waals surface area contributed by atoms with Crippen LogP contribution < -0.4 is 4.74 Å². The zero-order valence-corrected chi connectivity index (χ0v) is 10.4. The lowest BCUT2D eigenvalue weighted by Gasteiger charge is -2.12. The Bertz CT molecular complexity index is 544. The maximum atomic E-state index is 12.3. The number of halogens is 3. The van der Waals surface area contributed by atoms with Crippen molar-refractivity contribution < 1.29 is 32.4 Å². The molecule has 110 valence electrons. The van der Waals surface area contributed by atoms with Crippen LogP contribution in [0.2, 0.25) is 0 Å². The van der Waals surface area contributed by atoms with Gasteiger partial charge in [-0.15, -0.1) is 13.2 Å². The molecule has 0 spiro atoms. The van der Waals surface area contributed by atoms with Crippen LogP contribution in [0.15, 0.2) is 6.20 Å². The quantitative estimate of drug-likeness (QED) is 0.478. The Morgan fingerprint density at radius 1 is 1.50 bits per heavy atom. The summed E-state index contributed by atoms with van der Waals surface area (Å²) in [4.78, 5) is 24.5. The molecule has 0 amide bonds. The lowest BCUT2D eigenvalue weighted by Crippen LogP contribution is -2.20. The van der Waals surface area contributed by atoms with Crippen molar-refractivity contribution >= 4 is 11.7 Å². The third-order valence-electron chi connectivity index (χ3n) is 2.20. The lowest BCUT2D eigenvalue weighted by molar-refractivity contribution is -0.389. The van der Waals surface area contributed by atoms with Gasteiger partial charge in [0.25, 0.3) is 0 Å². The molecule has 1 aromatic rings. The minimum absolute atomic E-state index is 0.178. The van der Waals surface area contributed by atoms with Crippen molar-refractivity contribution in [2.75, 3.05) is 7.11 Å². The van der Waals surface area contributed by atoms with Gasteiger partial charge in [0.15, 0.2) is 0 Å². The number of pyridine rings is 1. The Labute approximate surface area is 110 Å². The number of aromatic nitrogens is 1. The Hall–Kier alpha value is -2.39. The van der Waals surface area contributed by atoms with Gasteiger partial charge in [-0.1, -0.05) is 0 Å². The summed E-state index contributed by atoms with van der Waals surface area (Å²) >= 11 is 0. The summed E-state index contributed by atoms with van der Waals surface area (Å²) in [7, 11) is 1.04. The lowest BCUT2D eigenvalue weighted by atomic mass is 10.1. The van der Waals surface area contributed by atoms with Crippen LogP contribution in [0.5, 0.6) is 5.75 Å². The van der Waals surface area contributed by atoms with E-state index in [0.29, 0.717) is 0 Å². The molecule has 0 aliphatic rings. The highest BCUT2D eigenvalue weighted by molar-refractivity contribution is 5.74. The number of esters is 1. The molecule has 7 nitrogen and oxygen atoms in total. The molecular formula is C10H9F3N2O5. The molecule has 0 aromatic carbocycles. The summed E-state index contributed by atoms with van der Waals surface area (Å²) in [5, 5.41) is 10.9. The van der Waals surface area contributed by atoms with Crippen molar-refractivity contribution in [3.8, 4) is 5.75 Å². The summed E-state index contributed by atoms with van der Waals surface area (Å²) < 4.78 is 44.7. The second kappa shape index (κ2) is 5.72. The molecule has 0 fully saturated rings. The molecule has 1 aromatic heterocycles. The van der Waals surface area contributed by atoms with E-state index in [9.17, 15) is 28.1 Å². The van der Waals surface area contributed by atoms with Gasteiger partial charge in [0.2, 0.25) is 5.75 Å². The van der Waals surface area contributed by atoms with Crippen LogP contribution in [0.25, 0.3) is 0 Å². The highest BCUT2D eigenvalue weighted by Crippen LogP contribution is 2.36. The fourth-order valence-electron chi connectivity index (χ4n) is 1.38. The average molecular weight is 294 g/mol. The SMILES string of the molecule is COC(=O)Cc1ncc(C)c(OC(F)(F)F)c1[N+](=O)[O-]. The number of carbonyl (C=O) groups excluding carboxylic acids is 1. The van der Waals surface area contributed by atoms with E-state index in [1.807, 2.05) is 0 Å². The fourth-order valence-corrected chi connectivity index (χ4v) is 1.38. The van der Waals surface area contributed by atoms with Gasteiger partial charge in [0.05, 0.1) is 18.5 Å². The largest absolute Gasteiger partial charge is 0.573 e. The molecular weight excluding hydrogens is 285 g/mol. The normalized spacial score (nSPS) is 11.1. The van der Waals surface area contributed by atoms with Crippen LogP contribution in [0, 0.1) is 17.0 Å². The highest BCUT2D eigenvalue weighted by atomic mass is 19.4. The monoisotopic (exact) mass is 294 g/mol. The van der Waals surface area contributed by atoms with Crippen LogP contribution >= 0.6 is 0 Å². The third kappa shape index (κ3) is 3.80. The van der Waals surface area contributed by atoms with Crippen LogP contribution in [0.4, 0.5) is 18.9 Å².